The van der Waals surface area contributed by atoms with Gasteiger partial charge < -0.3 is 4.57 Å². The molecular formula is C17H15BrN4OS. The maximum atomic E-state index is 12.5. The molecule has 0 saturated heterocycles. The van der Waals surface area contributed by atoms with Crippen LogP contribution in [0.4, 0.5) is 0 Å². The van der Waals surface area contributed by atoms with Crippen LogP contribution in [-0.4, -0.2) is 20.3 Å². The summed E-state index contributed by atoms with van der Waals surface area (Å²) in [6.07, 6.45) is 5.47. The van der Waals surface area contributed by atoms with Crippen LogP contribution in [0.2, 0.25) is 0 Å². The van der Waals surface area contributed by atoms with Gasteiger partial charge in [0.25, 0.3) is 5.91 Å². The van der Waals surface area contributed by atoms with Crippen LogP contribution in [0.5, 0.6) is 0 Å². The molecule has 3 rings (SSSR count). The normalized spacial score (nSPS) is 11.8. The molecule has 0 aliphatic rings. The summed E-state index contributed by atoms with van der Waals surface area (Å²) in [5.74, 6) is 2.26. The number of thiazole rings is 1. The van der Waals surface area contributed by atoms with Crippen molar-refractivity contribution in [3.8, 4) is 12.3 Å². The van der Waals surface area contributed by atoms with E-state index < -0.39 is 0 Å². The van der Waals surface area contributed by atoms with Gasteiger partial charge in [-0.25, -0.2) is 0 Å². The second-order valence-corrected chi connectivity index (χ2v) is 7.12. The highest BCUT2D eigenvalue weighted by molar-refractivity contribution is 9.10. The first kappa shape index (κ1) is 16.7. The number of halogens is 1. The predicted octanol–water partition coefficient (Wildman–Crippen LogP) is 3.36. The monoisotopic (exact) mass is 402 g/mol. The zero-order chi connectivity index (χ0) is 17.3. The highest BCUT2D eigenvalue weighted by atomic mass is 79.9. The van der Waals surface area contributed by atoms with E-state index in [9.17, 15) is 4.79 Å². The fourth-order valence-corrected chi connectivity index (χ4v) is 4.04. The SMILES string of the molecule is C#CCn1c(=NC(=O)c2cc(C)n(CC)n2)sc2cc(Br)ccc21. The second kappa shape index (κ2) is 6.75. The number of fused-ring (bicyclic) bond motifs is 1. The topological polar surface area (TPSA) is 52.2 Å². The fourth-order valence-electron chi connectivity index (χ4n) is 2.46. The minimum absolute atomic E-state index is 0.347. The lowest BCUT2D eigenvalue weighted by molar-refractivity contribution is 0.0992. The van der Waals surface area contributed by atoms with Crippen LogP contribution in [0.1, 0.15) is 23.1 Å². The highest BCUT2D eigenvalue weighted by Crippen LogP contribution is 2.22. The molecule has 0 fully saturated rings. The lowest BCUT2D eigenvalue weighted by Gasteiger charge is -1.99. The maximum absolute atomic E-state index is 12.5. The van der Waals surface area contributed by atoms with Crippen molar-refractivity contribution in [2.45, 2.75) is 26.9 Å². The molecule has 0 aliphatic carbocycles. The average Bonchev–Trinajstić information content (AvgIpc) is 3.08. The summed E-state index contributed by atoms with van der Waals surface area (Å²) in [5, 5.41) is 4.29. The summed E-state index contributed by atoms with van der Waals surface area (Å²) in [5.41, 5.74) is 2.25. The molecule has 1 amide bonds. The van der Waals surface area contributed by atoms with Gasteiger partial charge in [0.1, 0.15) is 0 Å². The van der Waals surface area contributed by atoms with Crippen molar-refractivity contribution in [1.29, 1.82) is 0 Å². The first-order valence-electron chi connectivity index (χ1n) is 7.39. The van der Waals surface area contributed by atoms with E-state index in [1.165, 1.54) is 11.3 Å². The van der Waals surface area contributed by atoms with Crippen LogP contribution in [0.15, 0.2) is 33.7 Å². The molecule has 0 atom stereocenters. The van der Waals surface area contributed by atoms with Crippen molar-refractivity contribution in [3.63, 3.8) is 0 Å². The molecule has 0 unspecified atom stereocenters. The van der Waals surface area contributed by atoms with E-state index in [0.29, 0.717) is 23.6 Å². The summed E-state index contributed by atoms with van der Waals surface area (Å²) >= 11 is 4.89. The Morgan fingerprint density at radius 1 is 1.46 bits per heavy atom. The van der Waals surface area contributed by atoms with E-state index in [1.807, 2.05) is 36.6 Å². The zero-order valence-electron chi connectivity index (χ0n) is 13.3. The van der Waals surface area contributed by atoms with Crippen molar-refractivity contribution in [1.82, 2.24) is 14.3 Å². The molecule has 2 aromatic heterocycles. The minimum Gasteiger partial charge on any atom is -0.305 e. The first-order valence-corrected chi connectivity index (χ1v) is 9.00. The van der Waals surface area contributed by atoms with Crippen LogP contribution in [0.3, 0.4) is 0 Å². The summed E-state index contributed by atoms with van der Waals surface area (Å²) in [6, 6.07) is 7.66. The van der Waals surface area contributed by atoms with E-state index in [-0.39, 0.29) is 5.91 Å². The van der Waals surface area contributed by atoms with E-state index in [4.69, 9.17) is 6.42 Å². The van der Waals surface area contributed by atoms with Crippen molar-refractivity contribution in [2.24, 2.45) is 4.99 Å². The Bertz CT molecular complexity index is 1040. The van der Waals surface area contributed by atoms with Gasteiger partial charge in [-0.1, -0.05) is 33.2 Å². The Balaban J connectivity index is 2.13. The second-order valence-electron chi connectivity index (χ2n) is 5.19. The Kier molecular flexibility index (Phi) is 4.69. The molecule has 5 nitrogen and oxygen atoms in total. The number of terminal acetylenes is 1. The Labute approximate surface area is 151 Å². The Morgan fingerprint density at radius 2 is 2.25 bits per heavy atom. The van der Waals surface area contributed by atoms with E-state index in [2.05, 4.69) is 31.9 Å². The number of benzene rings is 1. The van der Waals surface area contributed by atoms with E-state index in [0.717, 1.165) is 20.4 Å². The van der Waals surface area contributed by atoms with Crippen LogP contribution in [-0.2, 0) is 13.1 Å². The molecule has 0 radical (unpaired) electrons. The molecule has 122 valence electrons. The number of hydrogen-bond acceptors (Lipinski definition) is 3. The molecule has 2 heterocycles. The largest absolute Gasteiger partial charge is 0.305 e. The minimum atomic E-state index is -0.360. The number of aromatic nitrogens is 3. The van der Waals surface area contributed by atoms with Crippen molar-refractivity contribution >= 4 is 43.4 Å². The Morgan fingerprint density at radius 3 is 2.92 bits per heavy atom. The Hall–Kier alpha value is -2.17. The van der Waals surface area contributed by atoms with Gasteiger partial charge in [-0.3, -0.25) is 9.48 Å². The molecule has 0 N–H and O–H groups in total. The van der Waals surface area contributed by atoms with Crippen molar-refractivity contribution in [3.05, 3.63) is 44.9 Å². The van der Waals surface area contributed by atoms with Gasteiger partial charge in [0.2, 0.25) is 0 Å². The summed E-state index contributed by atoms with van der Waals surface area (Å²) in [6.45, 7) is 4.97. The number of hydrogen-bond donors (Lipinski definition) is 0. The fraction of sp³-hybridized carbons (Fsp3) is 0.235. The smallest absolute Gasteiger partial charge is 0.300 e. The van der Waals surface area contributed by atoms with Crippen molar-refractivity contribution in [2.75, 3.05) is 0 Å². The summed E-state index contributed by atoms with van der Waals surface area (Å²) in [7, 11) is 0. The maximum Gasteiger partial charge on any atom is 0.300 e. The van der Waals surface area contributed by atoms with Gasteiger partial charge in [0, 0.05) is 16.7 Å². The molecule has 0 spiro atoms. The van der Waals surface area contributed by atoms with Gasteiger partial charge >= 0.3 is 0 Å². The third-order valence-corrected chi connectivity index (χ3v) is 5.13. The van der Waals surface area contributed by atoms with Crippen molar-refractivity contribution < 1.29 is 4.79 Å². The molecule has 0 saturated carbocycles. The first-order chi connectivity index (χ1) is 11.5. The summed E-state index contributed by atoms with van der Waals surface area (Å²) < 4.78 is 5.63. The molecule has 7 heteroatoms. The van der Waals surface area contributed by atoms with Gasteiger partial charge in [-0.15, -0.1) is 6.42 Å². The van der Waals surface area contributed by atoms with Crippen LogP contribution < -0.4 is 4.80 Å². The predicted molar refractivity (Wildman–Crippen MR) is 98.9 cm³/mol. The lowest BCUT2D eigenvalue weighted by atomic mass is 10.3. The number of aryl methyl sites for hydroxylation is 2. The van der Waals surface area contributed by atoms with Gasteiger partial charge in [-0.05, 0) is 38.1 Å². The van der Waals surface area contributed by atoms with Gasteiger partial charge in [-0.2, -0.15) is 10.1 Å². The van der Waals surface area contributed by atoms with Crippen LogP contribution in [0.25, 0.3) is 10.2 Å². The number of nitrogens with zero attached hydrogens (tertiary/aromatic N) is 4. The number of rotatable bonds is 3. The molecule has 0 aliphatic heterocycles. The molecule has 24 heavy (non-hydrogen) atoms. The third kappa shape index (κ3) is 3.07. The van der Waals surface area contributed by atoms with Gasteiger partial charge in [0.05, 0.1) is 16.8 Å². The van der Waals surface area contributed by atoms with Crippen LogP contribution in [0, 0.1) is 19.3 Å². The number of carbonyl (C=O) groups excluding carboxylic acids is 1. The highest BCUT2D eigenvalue weighted by Gasteiger charge is 2.13. The molecule has 0 bridgehead atoms. The number of carbonyl (C=O) groups is 1. The molecule has 1 aromatic carbocycles. The average molecular weight is 403 g/mol. The van der Waals surface area contributed by atoms with E-state index >= 15 is 0 Å². The van der Waals surface area contributed by atoms with Gasteiger partial charge in [0.15, 0.2) is 10.5 Å². The standard InChI is InChI=1S/C17H15BrN4OS/c1-4-8-21-14-7-6-12(18)10-15(14)24-17(21)19-16(23)13-9-11(3)22(5-2)20-13/h1,6-7,9-10H,5,8H2,2-3H3. The quantitative estimate of drug-likeness (QED) is 0.630. The van der Waals surface area contributed by atoms with Crippen LogP contribution >= 0.6 is 27.3 Å². The summed E-state index contributed by atoms with van der Waals surface area (Å²) in [4.78, 5) is 17.3. The molecule has 3 aromatic rings. The lowest BCUT2D eigenvalue weighted by Crippen LogP contribution is -2.16. The molecular weight excluding hydrogens is 388 g/mol. The van der Waals surface area contributed by atoms with E-state index in [1.54, 1.807) is 10.7 Å². The number of amides is 1. The zero-order valence-corrected chi connectivity index (χ0v) is 15.7. The third-order valence-electron chi connectivity index (χ3n) is 3.59.